The summed E-state index contributed by atoms with van der Waals surface area (Å²) >= 11 is 0. The van der Waals surface area contributed by atoms with Crippen LogP contribution in [0.1, 0.15) is 13.3 Å². The Bertz CT molecular complexity index is 172. The first-order valence-corrected chi connectivity index (χ1v) is 5.43. The zero-order valence-electron chi connectivity index (χ0n) is 9.61. The SMILES string of the molecule is C[C@@H]1NCC[C@H]1N1CCN(C)CC1.Cl.Cl. The molecule has 2 aliphatic heterocycles. The molecule has 2 rings (SSSR count). The molecule has 2 saturated heterocycles. The molecule has 0 aromatic rings. The van der Waals surface area contributed by atoms with Crippen LogP contribution in [0.5, 0.6) is 0 Å². The normalized spacial score (nSPS) is 33.2. The molecule has 0 amide bonds. The summed E-state index contributed by atoms with van der Waals surface area (Å²) in [5.41, 5.74) is 0. The molecule has 92 valence electrons. The molecule has 0 aromatic carbocycles. The lowest BCUT2D eigenvalue weighted by Gasteiger charge is -2.37. The molecule has 0 saturated carbocycles. The summed E-state index contributed by atoms with van der Waals surface area (Å²) in [4.78, 5) is 5.08. The molecule has 2 heterocycles. The lowest BCUT2D eigenvalue weighted by atomic mass is 10.1. The van der Waals surface area contributed by atoms with Crippen molar-refractivity contribution in [2.45, 2.75) is 25.4 Å². The fourth-order valence-electron chi connectivity index (χ4n) is 2.50. The predicted molar refractivity (Wildman–Crippen MR) is 69.4 cm³/mol. The van der Waals surface area contributed by atoms with E-state index in [0.717, 1.165) is 6.04 Å². The van der Waals surface area contributed by atoms with E-state index in [4.69, 9.17) is 0 Å². The van der Waals surface area contributed by atoms with Gasteiger partial charge in [0, 0.05) is 38.3 Å². The molecule has 5 heteroatoms. The van der Waals surface area contributed by atoms with Gasteiger partial charge in [-0.2, -0.15) is 0 Å². The smallest absolute Gasteiger partial charge is 0.0259 e. The predicted octanol–water partition coefficient (Wildman–Crippen LogP) is 0.828. The van der Waals surface area contributed by atoms with Gasteiger partial charge in [-0.15, -0.1) is 24.8 Å². The molecule has 3 nitrogen and oxygen atoms in total. The van der Waals surface area contributed by atoms with Crippen molar-refractivity contribution in [2.75, 3.05) is 39.8 Å². The highest BCUT2D eigenvalue weighted by Gasteiger charge is 2.29. The van der Waals surface area contributed by atoms with Gasteiger partial charge in [0.2, 0.25) is 0 Å². The molecule has 0 unspecified atom stereocenters. The van der Waals surface area contributed by atoms with Crippen molar-refractivity contribution in [3.8, 4) is 0 Å². The lowest BCUT2D eigenvalue weighted by Crippen LogP contribution is -2.51. The molecule has 0 radical (unpaired) electrons. The van der Waals surface area contributed by atoms with Crippen LogP contribution in [0.25, 0.3) is 0 Å². The Morgan fingerprint density at radius 2 is 1.67 bits per heavy atom. The van der Waals surface area contributed by atoms with Gasteiger partial charge in [-0.3, -0.25) is 4.90 Å². The van der Waals surface area contributed by atoms with Crippen molar-refractivity contribution >= 4 is 24.8 Å². The Labute approximate surface area is 105 Å². The van der Waals surface area contributed by atoms with Crippen molar-refractivity contribution < 1.29 is 0 Å². The van der Waals surface area contributed by atoms with Gasteiger partial charge in [-0.1, -0.05) is 0 Å². The molecular weight excluding hydrogens is 233 g/mol. The third-order valence-corrected chi connectivity index (χ3v) is 3.49. The zero-order chi connectivity index (χ0) is 9.26. The molecule has 1 N–H and O–H groups in total. The standard InChI is InChI=1S/C10H21N3.2ClH/c1-9-10(3-4-11-9)13-7-5-12(2)6-8-13;;/h9-11H,3-8H2,1-2H3;2*1H/t9-,10+;;/m0../s1. The minimum atomic E-state index is 0. The molecule has 0 aliphatic carbocycles. The summed E-state index contributed by atoms with van der Waals surface area (Å²) in [5, 5.41) is 3.52. The van der Waals surface area contributed by atoms with E-state index < -0.39 is 0 Å². The number of hydrogen-bond donors (Lipinski definition) is 1. The third-order valence-electron chi connectivity index (χ3n) is 3.49. The zero-order valence-corrected chi connectivity index (χ0v) is 11.2. The van der Waals surface area contributed by atoms with Crippen molar-refractivity contribution in [3.63, 3.8) is 0 Å². The maximum Gasteiger partial charge on any atom is 0.0259 e. The van der Waals surface area contributed by atoms with Crippen LogP contribution in [0.15, 0.2) is 0 Å². The molecule has 0 aromatic heterocycles. The Balaban J connectivity index is 0.000000980. The molecule has 2 atom stereocenters. The average molecular weight is 256 g/mol. The average Bonchev–Trinajstić information content (AvgIpc) is 2.53. The van der Waals surface area contributed by atoms with E-state index in [0.29, 0.717) is 6.04 Å². The van der Waals surface area contributed by atoms with Crippen LogP contribution in [0.2, 0.25) is 0 Å². The number of nitrogens with one attached hydrogen (secondary N) is 1. The van der Waals surface area contributed by atoms with Gasteiger partial charge in [0.15, 0.2) is 0 Å². The fraction of sp³-hybridized carbons (Fsp3) is 1.00. The fourth-order valence-corrected chi connectivity index (χ4v) is 2.50. The van der Waals surface area contributed by atoms with E-state index in [9.17, 15) is 0 Å². The van der Waals surface area contributed by atoms with Crippen LogP contribution < -0.4 is 5.32 Å². The monoisotopic (exact) mass is 255 g/mol. The summed E-state index contributed by atoms with van der Waals surface area (Å²) in [7, 11) is 2.22. The van der Waals surface area contributed by atoms with Gasteiger partial charge in [0.05, 0.1) is 0 Å². The number of halogens is 2. The maximum atomic E-state index is 3.52. The quantitative estimate of drug-likeness (QED) is 0.749. The van der Waals surface area contributed by atoms with Crippen molar-refractivity contribution in [3.05, 3.63) is 0 Å². The molecule has 2 aliphatic rings. The van der Waals surface area contributed by atoms with E-state index in [1.54, 1.807) is 0 Å². The second kappa shape index (κ2) is 6.92. The largest absolute Gasteiger partial charge is 0.313 e. The molecular formula is C10H23Cl2N3. The van der Waals surface area contributed by atoms with E-state index >= 15 is 0 Å². The Kier molecular flexibility index (Phi) is 7.13. The number of rotatable bonds is 1. The number of likely N-dealkylation sites (N-methyl/N-ethyl adjacent to an activating group) is 1. The van der Waals surface area contributed by atoms with E-state index in [1.807, 2.05) is 0 Å². The van der Waals surface area contributed by atoms with Gasteiger partial charge < -0.3 is 10.2 Å². The van der Waals surface area contributed by atoms with Gasteiger partial charge in [0.1, 0.15) is 0 Å². The summed E-state index contributed by atoms with van der Waals surface area (Å²) < 4.78 is 0. The van der Waals surface area contributed by atoms with E-state index in [2.05, 4.69) is 29.1 Å². The van der Waals surface area contributed by atoms with Gasteiger partial charge >= 0.3 is 0 Å². The Morgan fingerprint density at radius 3 is 2.13 bits per heavy atom. The topological polar surface area (TPSA) is 18.5 Å². The molecule has 2 fully saturated rings. The van der Waals surface area contributed by atoms with E-state index in [1.165, 1.54) is 39.1 Å². The molecule has 0 spiro atoms. The van der Waals surface area contributed by atoms with Gasteiger partial charge in [-0.25, -0.2) is 0 Å². The first-order chi connectivity index (χ1) is 6.27. The van der Waals surface area contributed by atoms with Crippen LogP contribution in [-0.4, -0.2) is 61.7 Å². The number of nitrogens with zero attached hydrogens (tertiary/aromatic N) is 2. The number of hydrogen-bond acceptors (Lipinski definition) is 3. The van der Waals surface area contributed by atoms with Crippen LogP contribution in [0, 0.1) is 0 Å². The second-order valence-electron chi connectivity index (χ2n) is 4.44. The Hall–Kier alpha value is 0.460. The summed E-state index contributed by atoms with van der Waals surface area (Å²) in [5.74, 6) is 0. The summed E-state index contributed by atoms with van der Waals surface area (Å²) in [6.45, 7) is 8.51. The van der Waals surface area contributed by atoms with Crippen LogP contribution in [0.4, 0.5) is 0 Å². The lowest BCUT2D eigenvalue weighted by molar-refractivity contribution is 0.107. The summed E-state index contributed by atoms with van der Waals surface area (Å²) in [6, 6.07) is 1.50. The van der Waals surface area contributed by atoms with Crippen molar-refractivity contribution in [1.29, 1.82) is 0 Å². The van der Waals surface area contributed by atoms with Crippen molar-refractivity contribution in [2.24, 2.45) is 0 Å². The van der Waals surface area contributed by atoms with Crippen LogP contribution >= 0.6 is 24.8 Å². The van der Waals surface area contributed by atoms with Crippen LogP contribution in [0.3, 0.4) is 0 Å². The van der Waals surface area contributed by atoms with Gasteiger partial charge in [-0.05, 0) is 26.9 Å². The van der Waals surface area contributed by atoms with Crippen molar-refractivity contribution in [1.82, 2.24) is 15.1 Å². The van der Waals surface area contributed by atoms with E-state index in [-0.39, 0.29) is 24.8 Å². The number of piperazine rings is 1. The molecule has 15 heavy (non-hydrogen) atoms. The van der Waals surface area contributed by atoms with Crippen LogP contribution in [-0.2, 0) is 0 Å². The highest BCUT2D eigenvalue weighted by atomic mass is 35.5. The van der Waals surface area contributed by atoms with Gasteiger partial charge in [0.25, 0.3) is 0 Å². The minimum Gasteiger partial charge on any atom is -0.313 e. The highest BCUT2D eigenvalue weighted by molar-refractivity contribution is 5.85. The Morgan fingerprint density at radius 1 is 1.07 bits per heavy atom. The minimum absolute atomic E-state index is 0. The third kappa shape index (κ3) is 3.75. The first-order valence-electron chi connectivity index (χ1n) is 5.43. The molecule has 0 bridgehead atoms. The first kappa shape index (κ1) is 15.5. The second-order valence-corrected chi connectivity index (χ2v) is 4.44. The summed E-state index contributed by atoms with van der Waals surface area (Å²) in [6.07, 6.45) is 1.34. The maximum absolute atomic E-state index is 3.52. The highest BCUT2D eigenvalue weighted by Crippen LogP contribution is 2.16.